The number of halogens is 2. The molecule has 1 fully saturated rings. The first-order chi connectivity index (χ1) is 12.0. The van der Waals surface area contributed by atoms with Gasteiger partial charge in [-0.3, -0.25) is 9.59 Å². The van der Waals surface area contributed by atoms with Gasteiger partial charge in [0.15, 0.2) is 18.2 Å². The molecule has 0 radical (unpaired) electrons. The second-order valence-electron chi connectivity index (χ2n) is 5.67. The summed E-state index contributed by atoms with van der Waals surface area (Å²) >= 11 is 0. The van der Waals surface area contributed by atoms with Crippen molar-refractivity contribution >= 4 is 17.5 Å². The summed E-state index contributed by atoms with van der Waals surface area (Å²) in [5, 5.41) is 2.69. The minimum absolute atomic E-state index is 0.00640. The van der Waals surface area contributed by atoms with E-state index in [1.54, 1.807) is 6.07 Å². The Morgan fingerprint density at radius 2 is 1.88 bits per heavy atom. The lowest BCUT2D eigenvalue weighted by atomic mass is 10.2. The predicted octanol–water partition coefficient (Wildman–Crippen LogP) is 2.27. The van der Waals surface area contributed by atoms with Crippen LogP contribution in [0.3, 0.4) is 0 Å². The van der Waals surface area contributed by atoms with Gasteiger partial charge in [0.1, 0.15) is 5.82 Å². The minimum Gasteiger partial charge on any atom is -0.481 e. The minimum atomic E-state index is -0.547. The maximum Gasteiger partial charge on any atom is 0.258 e. The Morgan fingerprint density at radius 1 is 1.16 bits per heavy atom. The van der Waals surface area contributed by atoms with Gasteiger partial charge in [-0.1, -0.05) is 12.1 Å². The van der Waals surface area contributed by atoms with Crippen molar-refractivity contribution in [3.8, 4) is 5.75 Å². The van der Waals surface area contributed by atoms with E-state index in [4.69, 9.17) is 4.74 Å². The Bertz CT molecular complexity index is 780. The van der Waals surface area contributed by atoms with E-state index in [1.165, 1.54) is 47.4 Å². The standard InChI is InChI=1S/C18H16F2N2O3/c19-12-5-7-14(8-6-12)22-10-13(9-18(22)24)21-17(23)11-25-16-4-2-1-3-15(16)20/h1-8,13H,9-11H2,(H,21,23)/t13-/m1/s1. The van der Waals surface area contributed by atoms with Crippen LogP contribution in [0.2, 0.25) is 0 Å². The van der Waals surface area contributed by atoms with Crippen molar-refractivity contribution in [1.29, 1.82) is 0 Å². The molecule has 5 nitrogen and oxygen atoms in total. The van der Waals surface area contributed by atoms with Gasteiger partial charge < -0.3 is 15.0 Å². The normalized spacial score (nSPS) is 16.8. The quantitative estimate of drug-likeness (QED) is 0.904. The van der Waals surface area contributed by atoms with Crippen molar-refractivity contribution in [1.82, 2.24) is 5.32 Å². The van der Waals surface area contributed by atoms with Crippen LogP contribution >= 0.6 is 0 Å². The van der Waals surface area contributed by atoms with Crippen LogP contribution < -0.4 is 15.0 Å². The third-order valence-electron chi connectivity index (χ3n) is 3.82. The maximum atomic E-state index is 13.4. The molecule has 2 amide bonds. The fourth-order valence-corrected chi connectivity index (χ4v) is 2.65. The van der Waals surface area contributed by atoms with Crippen LogP contribution in [-0.4, -0.2) is 31.0 Å². The molecule has 3 rings (SSSR count). The molecule has 0 spiro atoms. The molecule has 7 heteroatoms. The molecule has 0 aromatic heterocycles. The molecular weight excluding hydrogens is 330 g/mol. The number of ether oxygens (including phenoxy) is 1. The van der Waals surface area contributed by atoms with Gasteiger partial charge in [-0.25, -0.2) is 8.78 Å². The number of hydrogen-bond acceptors (Lipinski definition) is 3. The molecule has 1 atom stereocenters. The number of nitrogens with one attached hydrogen (secondary N) is 1. The number of anilines is 1. The number of carbonyl (C=O) groups is 2. The summed E-state index contributed by atoms with van der Waals surface area (Å²) in [7, 11) is 0. The number of benzene rings is 2. The fraction of sp³-hybridized carbons (Fsp3) is 0.222. The van der Waals surface area contributed by atoms with Crippen LogP contribution in [0.25, 0.3) is 0 Å². The van der Waals surface area contributed by atoms with Crippen molar-refractivity contribution in [2.24, 2.45) is 0 Å². The van der Waals surface area contributed by atoms with E-state index in [-0.39, 0.29) is 43.1 Å². The smallest absolute Gasteiger partial charge is 0.258 e. The zero-order valence-corrected chi connectivity index (χ0v) is 13.2. The first-order valence-corrected chi connectivity index (χ1v) is 7.75. The van der Waals surface area contributed by atoms with Crippen LogP contribution in [0.5, 0.6) is 5.75 Å². The predicted molar refractivity (Wildman–Crippen MR) is 87.2 cm³/mol. The van der Waals surface area contributed by atoms with Crippen LogP contribution in [0.15, 0.2) is 48.5 Å². The Balaban J connectivity index is 1.53. The molecule has 0 bridgehead atoms. The Labute approximate surface area is 143 Å². The first-order valence-electron chi connectivity index (χ1n) is 7.75. The largest absolute Gasteiger partial charge is 0.481 e. The molecule has 2 aromatic carbocycles. The summed E-state index contributed by atoms with van der Waals surface area (Å²) in [4.78, 5) is 25.5. The number of para-hydroxylation sites is 1. The molecule has 130 valence electrons. The van der Waals surface area contributed by atoms with Crippen LogP contribution in [0.4, 0.5) is 14.5 Å². The van der Waals surface area contributed by atoms with E-state index >= 15 is 0 Å². The Morgan fingerprint density at radius 3 is 2.60 bits per heavy atom. The molecule has 0 saturated carbocycles. The molecule has 2 aromatic rings. The van der Waals surface area contributed by atoms with E-state index in [2.05, 4.69) is 5.32 Å². The fourth-order valence-electron chi connectivity index (χ4n) is 2.65. The van der Waals surface area contributed by atoms with Crippen molar-refractivity contribution in [2.75, 3.05) is 18.1 Å². The van der Waals surface area contributed by atoms with Gasteiger partial charge >= 0.3 is 0 Å². The lowest BCUT2D eigenvalue weighted by Crippen LogP contribution is -2.39. The van der Waals surface area contributed by atoms with Gasteiger partial charge in [-0.05, 0) is 36.4 Å². The Kier molecular flexibility index (Phi) is 4.92. The van der Waals surface area contributed by atoms with Crippen LogP contribution in [0, 0.1) is 11.6 Å². The van der Waals surface area contributed by atoms with E-state index in [0.29, 0.717) is 5.69 Å². The molecule has 0 aliphatic carbocycles. The lowest BCUT2D eigenvalue weighted by Gasteiger charge is -2.17. The third kappa shape index (κ3) is 4.12. The topological polar surface area (TPSA) is 58.6 Å². The van der Waals surface area contributed by atoms with Crippen molar-refractivity contribution in [2.45, 2.75) is 12.5 Å². The summed E-state index contributed by atoms with van der Waals surface area (Å²) < 4.78 is 31.5. The summed E-state index contributed by atoms with van der Waals surface area (Å²) in [5.74, 6) is -1.54. The number of hydrogen-bond donors (Lipinski definition) is 1. The summed E-state index contributed by atoms with van der Waals surface area (Å²) in [5.41, 5.74) is 0.575. The zero-order chi connectivity index (χ0) is 17.8. The second kappa shape index (κ2) is 7.29. The van der Waals surface area contributed by atoms with E-state index in [0.717, 1.165) is 0 Å². The van der Waals surface area contributed by atoms with E-state index < -0.39 is 11.7 Å². The lowest BCUT2D eigenvalue weighted by molar-refractivity contribution is -0.123. The summed E-state index contributed by atoms with van der Waals surface area (Å²) in [6, 6.07) is 11.0. The molecule has 1 aliphatic rings. The summed E-state index contributed by atoms with van der Waals surface area (Å²) in [6.45, 7) is -0.0575. The van der Waals surface area contributed by atoms with Gasteiger partial charge in [0, 0.05) is 18.7 Å². The zero-order valence-electron chi connectivity index (χ0n) is 13.2. The van der Waals surface area contributed by atoms with Crippen molar-refractivity contribution in [3.63, 3.8) is 0 Å². The molecule has 25 heavy (non-hydrogen) atoms. The highest BCUT2D eigenvalue weighted by molar-refractivity contribution is 5.96. The number of carbonyl (C=O) groups excluding carboxylic acids is 2. The van der Waals surface area contributed by atoms with Crippen LogP contribution in [0.1, 0.15) is 6.42 Å². The molecule has 1 aliphatic heterocycles. The number of rotatable bonds is 5. The number of nitrogens with zero attached hydrogens (tertiary/aromatic N) is 1. The number of amides is 2. The summed E-state index contributed by atoms with van der Waals surface area (Å²) in [6.07, 6.45) is 0.142. The highest BCUT2D eigenvalue weighted by Gasteiger charge is 2.31. The molecule has 1 N–H and O–H groups in total. The van der Waals surface area contributed by atoms with E-state index in [1.807, 2.05) is 0 Å². The average Bonchev–Trinajstić information content (AvgIpc) is 2.95. The average molecular weight is 346 g/mol. The Hall–Kier alpha value is -2.96. The SMILES string of the molecule is O=C(COc1ccccc1F)N[C@@H]1CC(=O)N(c2ccc(F)cc2)C1. The highest BCUT2D eigenvalue weighted by Crippen LogP contribution is 2.22. The van der Waals surface area contributed by atoms with Crippen LogP contribution in [-0.2, 0) is 9.59 Å². The third-order valence-corrected chi connectivity index (χ3v) is 3.82. The maximum absolute atomic E-state index is 13.4. The molecule has 1 heterocycles. The van der Waals surface area contributed by atoms with Crippen molar-refractivity contribution in [3.05, 3.63) is 60.2 Å². The monoisotopic (exact) mass is 346 g/mol. The highest BCUT2D eigenvalue weighted by atomic mass is 19.1. The molecule has 0 unspecified atom stereocenters. The van der Waals surface area contributed by atoms with Gasteiger partial charge in [0.25, 0.3) is 5.91 Å². The van der Waals surface area contributed by atoms with Gasteiger partial charge in [0.05, 0.1) is 6.04 Å². The van der Waals surface area contributed by atoms with E-state index in [9.17, 15) is 18.4 Å². The van der Waals surface area contributed by atoms with Gasteiger partial charge in [0.2, 0.25) is 5.91 Å². The molecular formula is C18H16F2N2O3. The second-order valence-corrected chi connectivity index (χ2v) is 5.67. The molecule has 1 saturated heterocycles. The van der Waals surface area contributed by atoms with Crippen molar-refractivity contribution < 1.29 is 23.1 Å². The van der Waals surface area contributed by atoms with Gasteiger partial charge in [-0.15, -0.1) is 0 Å². The first kappa shape index (κ1) is 16.9. The van der Waals surface area contributed by atoms with Gasteiger partial charge in [-0.2, -0.15) is 0 Å².